The van der Waals surface area contributed by atoms with Gasteiger partial charge in [0.1, 0.15) is 12.3 Å². The van der Waals surface area contributed by atoms with Gasteiger partial charge >= 0.3 is 0 Å². The van der Waals surface area contributed by atoms with Crippen molar-refractivity contribution in [1.82, 2.24) is 9.88 Å². The Bertz CT molecular complexity index is 705. The van der Waals surface area contributed by atoms with Gasteiger partial charge in [-0.15, -0.1) is 11.3 Å². The molecule has 0 spiro atoms. The molecule has 23 heavy (non-hydrogen) atoms. The van der Waals surface area contributed by atoms with Gasteiger partial charge < -0.3 is 15.0 Å². The average molecular weight is 337 g/mol. The van der Waals surface area contributed by atoms with Gasteiger partial charge in [-0.2, -0.15) is 0 Å². The molecule has 0 aliphatic rings. The number of nitrogens with one attached hydrogen (secondary N) is 1. The fourth-order valence-corrected chi connectivity index (χ4v) is 2.46. The first-order valence-electron chi connectivity index (χ1n) is 6.83. The summed E-state index contributed by atoms with van der Waals surface area (Å²) in [6.07, 6.45) is 0. The average Bonchev–Trinajstić information content (AvgIpc) is 2.96. The summed E-state index contributed by atoms with van der Waals surface area (Å²) in [5, 5.41) is 4.46. The number of nitrogens with zero attached hydrogens (tertiary/aromatic N) is 2. The fourth-order valence-electron chi connectivity index (χ4n) is 1.73. The van der Waals surface area contributed by atoms with Gasteiger partial charge in [0.2, 0.25) is 5.91 Å². The van der Waals surface area contributed by atoms with E-state index in [9.17, 15) is 14.0 Å². The van der Waals surface area contributed by atoms with Crippen molar-refractivity contribution in [1.29, 1.82) is 0 Å². The maximum absolute atomic E-state index is 13.4. The lowest BCUT2D eigenvalue weighted by atomic mass is 10.3. The Hall–Kier alpha value is -2.48. The lowest BCUT2D eigenvalue weighted by Crippen LogP contribution is -2.31. The molecule has 0 saturated heterocycles. The molecule has 0 aliphatic carbocycles. The first-order chi connectivity index (χ1) is 11.0. The van der Waals surface area contributed by atoms with Crippen LogP contribution in [-0.2, 0) is 4.79 Å². The van der Waals surface area contributed by atoms with E-state index in [0.29, 0.717) is 5.13 Å². The summed E-state index contributed by atoms with van der Waals surface area (Å²) in [5.74, 6) is -0.837. The molecule has 0 radical (unpaired) electrons. The highest BCUT2D eigenvalue weighted by atomic mass is 32.1. The van der Waals surface area contributed by atoms with E-state index in [1.807, 2.05) is 0 Å². The van der Waals surface area contributed by atoms with Crippen LogP contribution < -0.4 is 10.1 Å². The molecule has 0 unspecified atom stereocenters. The van der Waals surface area contributed by atoms with Gasteiger partial charge in [0.05, 0.1) is 6.54 Å². The summed E-state index contributed by atoms with van der Waals surface area (Å²) in [6.45, 7) is 1.81. The van der Waals surface area contributed by atoms with E-state index in [-0.39, 0.29) is 36.4 Å². The standard InChI is InChI=1S/C15H16FN3O3S/c1-10(20)17-15-18-12(9-23-15)14(21)19(2)7-8-22-13-6-4-3-5-11(13)16/h3-6,9H,7-8H2,1-2H3,(H,17,18,20). The number of halogens is 1. The summed E-state index contributed by atoms with van der Waals surface area (Å²) in [6, 6.07) is 6.08. The van der Waals surface area contributed by atoms with Crippen LogP contribution in [0, 0.1) is 5.82 Å². The lowest BCUT2D eigenvalue weighted by molar-refractivity contribution is -0.114. The smallest absolute Gasteiger partial charge is 0.273 e. The van der Waals surface area contributed by atoms with Crippen LogP contribution in [0.3, 0.4) is 0 Å². The van der Waals surface area contributed by atoms with Crippen molar-refractivity contribution in [3.8, 4) is 5.75 Å². The fraction of sp³-hybridized carbons (Fsp3) is 0.267. The Morgan fingerprint density at radius 1 is 1.39 bits per heavy atom. The number of anilines is 1. The van der Waals surface area contributed by atoms with E-state index in [1.54, 1.807) is 24.6 Å². The number of thiazole rings is 1. The van der Waals surface area contributed by atoms with Gasteiger partial charge in [-0.05, 0) is 12.1 Å². The number of hydrogen-bond donors (Lipinski definition) is 1. The highest BCUT2D eigenvalue weighted by Crippen LogP contribution is 2.17. The Morgan fingerprint density at radius 3 is 2.83 bits per heavy atom. The number of benzene rings is 1. The molecular weight excluding hydrogens is 321 g/mol. The normalized spacial score (nSPS) is 10.2. The third kappa shape index (κ3) is 4.75. The van der Waals surface area contributed by atoms with Crippen molar-refractivity contribution in [3.05, 3.63) is 41.2 Å². The molecule has 8 heteroatoms. The van der Waals surface area contributed by atoms with Crippen LogP contribution in [0.15, 0.2) is 29.6 Å². The largest absolute Gasteiger partial charge is 0.489 e. The Kier molecular flexibility index (Phi) is 5.64. The summed E-state index contributed by atoms with van der Waals surface area (Å²) in [4.78, 5) is 28.6. The molecule has 0 atom stereocenters. The number of carbonyl (C=O) groups is 2. The van der Waals surface area contributed by atoms with Crippen LogP contribution >= 0.6 is 11.3 Å². The zero-order valence-electron chi connectivity index (χ0n) is 12.7. The van der Waals surface area contributed by atoms with E-state index in [0.717, 1.165) is 0 Å². The third-order valence-electron chi connectivity index (χ3n) is 2.87. The highest BCUT2D eigenvalue weighted by molar-refractivity contribution is 7.14. The Morgan fingerprint density at radius 2 is 2.13 bits per heavy atom. The van der Waals surface area contributed by atoms with Crippen molar-refractivity contribution in [2.24, 2.45) is 0 Å². The van der Waals surface area contributed by atoms with Crippen LogP contribution in [0.1, 0.15) is 17.4 Å². The first-order valence-corrected chi connectivity index (χ1v) is 7.71. The van der Waals surface area contributed by atoms with Gasteiger partial charge in [-0.1, -0.05) is 12.1 Å². The minimum absolute atomic E-state index is 0.148. The maximum Gasteiger partial charge on any atom is 0.273 e. The number of aromatic nitrogens is 1. The van der Waals surface area contributed by atoms with Crippen molar-refractivity contribution in [3.63, 3.8) is 0 Å². The van der Waals surface area contributed by atoms with Gasteiger partial charge in [0.25, 0.3) is 5.91 Å². The maximum atomic E-state index is 13.4. The van der Waals surface area contributed by atoms with Crippen LogP contribution in [0.4, 0.5) is 9.52 Å². The lowest BCUT2D eigenvalue weighted by Gasteiger charge is -2.16. The number of ether oxygens (including phenoxy) is 1. The van der Waals surface area contributed by atoms with Crippen LogP contribution in [0.5, 0.6) is 5.75 Å². The molecule has 0 fully saturated rings. The van der Waals surface area contributed by atoms with Gasteiger partial charge in [0.15, 0.2) is 16.7 Å². The molecule has 122 valence electrons. The quantitative estimate of drug-likeness (QED) is 0.878. The van der Waals surface area contributed by atoms with E-state index >= 15 is 0 Å². The Labute approximate surface area is 136 Å². The summed E-state index contributed by atoms with van der Waals surface area (Å²) in [7, 11) is 1.60. The second-order valence-electron chi connectivity index (χ2n) is 4.72. The van der Waals surface area contributed by atoms with Crippen molar-refractivity contribution in [2.75, 3.05) is 25.5 Å². The van der Waals surface area contributed by atoms with Crippen molar-refractivity contribution < 1.29 is 18.7 Å². The molecule has 2 aromatic rings. The molecule has 0 saturated carbocycles. The summed E-state index contributed by atoms with van der Waals surface area (Å²) < 4.78 is 18.7. The van der Waals surface area contributed by atoms with E-state index in [4.69, 9.17) is 4.74 Å². The molecule has 0 bridgehead atoms. The molecule has 2 rings (SSSR count). The molecule has 6 nitrogen and oxygen atoms in total. The predicted molar refractivity (Wildman–Crippen MR) is 85.3 cm³/mol. The van der Waals surface area contributed by atoms with Gasteiger partial charge in [-0.25, -0.2) is 9.37 Å². The molecule has 1 aromatic carbocycles. The second-order valence-corrected chi connectivity index (χ2v) is 5.58. The molecule has 1 heterocycles. The first kappa shape index (κ1) is 16.9. The predicted octanol–water partition coefficient (Wildman–Crippen LogP) is 2.39. The zero-order chi connectivity index (χ0) is 16.8. The SMILES string of the molecule is CC(=O)Nc1nc(C(=O)N(C)CCOc2ccccc2F)cs1. The molecule has 1 N–H and O–H groups in total. The van der Waals surface area contributed by atoms with Gasteiger partial charge in [-0.3, -0.25) is 9.59 Å². The Balaban J connectivity index is 1.86. The minimum Gasteiger partial charge on any atom is -0.489 e. The monoisotopic (exact) mass is 337 g/mol. The third-order valence-corrected chi connectivity index (χ3v) is 3.63. The van der Waals surface area contributed by atoms with Gasteiger partial charge in [0, 0.05) is 19.4 Å². The van der Waals surface area contributed by atoms with E-state index in [2.05, 4.69) is 10.3 Å². The number of para-hydroxylation sites is 1. The van der Waals surface area contributed by atoms with Crippen molar-refractivity contribution in [2.45, 2.75) is 6.92 Å². The molecule has 0 aliphatic heterocycles. The topological polar surface area (TPSA) is 71.5 Å². The molecule has 1 aromatic heterocycles. The zero-order valence-corrected chi connectivity index (χ0v) is 13.5. The van der Waals surface area contributed by atoms with Crippen LogP contribution in [-0.4, -0.2) is 41.9 Å². The van der Waals surface area contributed by atoms with Crippen LogP contribution in [0.2, 0.25) is 0 Å². The number of carbonyl (C=O) groups excluding carboxylic acids is 2. The number of likely N-dealkylation sites (N-methyl/N-ethyl adjacent to an activating group) is 1. The second kappa shape index (κ2) is 7.68. The molecular formula is C15H16FN3O3S. The summed E-state index contributed by atoms with van der Waals surface area (Å²) >= 11 is 1.17. The summed E-state index contributed by atoms with van der Waals surface area (Å²) in [5.41, 5.74) is 0.243. The van der Waals surface area contributed by atoms with E-state index in [1.165, 1.54) is 35.3 Å². The highest BCUT2D eigenvalue weighted by Gasteiger charge is 2.16. The number of hydrogen-bond acceptors (Lipinski definition) is 5. The minimum atomic E-state index is -0.444. The van der Waals surface area contributed by atoms with Crippen molar-refractivity contribution >= 4 is 28.3 Å². The van der Waals surface area contributed by atoms with Crippen LogP contribution in [0.25, 0.3) is 0 Å². The number of rotatable bonds is 6. The van der Waals surface area contributed by atoms with E-state index < -0.39 is 5.82 Å². The number of amides is 2. The molecule has 2 amide bonds.